The summed E-state index contributed by atoms with van der Waals surface area (Å²) in [6.45, 7) is 2.28. The van der Waals surface area contributed by atoms with Crippen LogP contribution in [0, 0.1) is 6.92 Å². The zero-order chi connectivity index (χ0) is 23.6. The van der Waals surface area contributed by atoms with Crippen molar-refractivity contribution in [1.29, 1.82) is 0 Å². The Hall–Kier alpha value is -3.52. The summed E-state index contributed by atoms with van der Waals surface area (Å²) >= 11 is 5.92. The molecule has 1 aromatic heterocycles. The van der Waals surface area contributed by atoms with Gasteiger partial charge in [0.05, 0.1) is 19.9 Å². The van der Waals surface area contributed by atoms with E-state index in [1.807, 2.05) is 37.3 Å². The lowest BCUT2D eigenvalue weighted by molar-refractivity contribution is -0.129. The summed E-state index contributed by atoms with van der Waals surface area (Å²) in [6.07, 6.45) is 2.78. The van der Waals surface area contributed by atoms with Gasteiger partial charge in [0.1, 0.15) is 11.5 Å². The maximum absolute atomic E-state index is 12.0. The summed E-state index contributed by atoms with van der Waals surface area (Å²) in [5.41, 5.74) is 6.60. The smallest absolute Gasteiger partial charge is 0.238 e. The van der Waals surface area contributed by atoms with Crippen LogP contribution in [0.15, 0.2) is 53.1 Å². The van der Waals surface area contributed by atoms with Crippen molar-refractivity contribution in [3.63, 3.8) is 0 Å². The second kappa shape index (κ2) is 11.9. The van der Waals surface area contributed by atoms with Gasteiger partial charge in [-0.1, -0.05) is 11.6 Å². The van der Waals surface area contributed by atoms with Crippen LogP contribution in [0.1, 0.15) is 30.7 Å². The Morgan fingerprint density at radius 3 is 2.48 bits per heavy atom. The molecule has 0 bridgehead atoms. The van der Waals surface area contributed by atoms with Crippen molar-refractivity contribution < 1.29 is 23.5 Å². The highest BCUT2D eigenvalue weighted by atomic mass is 35.5. The van der Waals surface area contributed by atoms with Crippen molar-refractivity contribution in [2.24, 2.45) is 0 Å². The summed E-state index contributed by atoms with van der Waals surface area (Å²) < 4.78 is 16.5. The fourth-order valence-corrected chi connectivity index (χ4v) is 3.22. The van der Waals surface area contributed by atoms with Crippen LogP contribution in [0.3, 0.4) is 0 Å². The molecule has 2 aromatic carbocycles. The zero-order valence-corrected chi connectivity index (χ0v) is 19.3. The Morgan fingerprint density at radius 1 is 1.06 bits per heavy atom. The third kappa shape index (κ3) is 7.54. The molecule has 0 unspecified atom stereocenters. The summed E-state index contributed by atoms with van der Waals surface area (Å²) in [6, 6.07) is 12.8. The molecule has 0 saturated carbocycles. The lowest BCUT2D eigenvalue weighted by atomic mass is 10.2. The molecule has 8 nitrogen and oxygen atoms in total. The Morgan fingerprint density at radius 2 is 1.79 bits per heavy atom. The lowest BCUT2D eigenvalue weighted by Crippen LogP contribution is -2.41. The number of aryl methyl sites for hydroxylation is 2. The molecule has 3 rings (SSSR count). The number of methoxy groups -OCH3 is 1. The third-order valence-electron chi connectivity index (χ3n) is 4.78. The summed E-state index contributed by atoms with van der Waals surface area (Å²) in [5.74, 6) is 1.91. The number of carbonyl (C=O) groups excluding carboxylic acids is 2. The number of carbonyl (C=O) groups is 2. The first-order valence-electron chi connectivity index (χ1n) is 10.5. The fourth-order valence-electron chi connectivity index (χ4n) is 2.99. The molecule has 0 aliphatic heterocycles. The van der Waals surface area contributed by atoms with E-state index in [-0.39, 0.29) is 24.7 Å². The quantitative estimate of drug-likeness (QED) is 0.338. The molecule has 0 spiro atoms. The fraction of sp³-hybridized carbons (Fsp3) is 0.292. The van der Waals surface area contributed by atoms with Gasteiger partial charge >= 0.3 is 0 Å². The number of nitrogens with one attached hydrogen (secondary N) is 2. The number of hydrogen-bond acceptors (Lipinski definition) is 6. The number of oxazole rings is 1. The van der Waals surface area contributed by atoms with Crippen molar-refractivity contribution in [1.82, 2.24) is 15.8 Å². The van der Waals surface area contributed by atoms with Crippen molar-refractivity contribution in [3.05, 3.63) is 65.1 Å². The first-order valence-corrected chi connectivity index (χ1v) is 10.9. The molecule has 33 heavy (non-hydrogen) atoms. The molecule has 3 aromatic rings. The topological polar surface area (TPSA) is 103 Å². The molecule has 0 aliphatic carbocycles. The van der Waals surface area contributed by atoms with Crippen LogP contribution in [0.25, 0.3) is 11.3 Å². The average Bonchev–Trinajstić information content (AvgIpc) is 3.29. The van der Waals surface area contributed by atoms with Crippen LogP contribution < -0.4 is 20.3 Å². The van der Waals surface area contributed by atoms with E-state index < -0.39 is 0 Å². The summed E-state index contributed by atoms with van der Waals surface area (Å²) in [7, 11) is 1.60. The Balaban J connectivity index is 1.32. The molecule has 9 heteroatoms. The first kappa shape index (κ1) is 24.1. The maximum atomic E-state index is 12.0. The van der Waals surface area contributed by atoms with E-state index in [4.69, 9.17) is 25.5 Å². The van der Waals surface area contributed by atoms with Gasteiger partial charge in [0.15, 0.2) is 11.7 Å². The molecule has 0 radical (unpaired) electrons. The molecular formula is C24H26ClN3O5. The number of benzene rings is 2. The predicted octanol–water partition coefficient (Wildman–Crippen LogP) is 4.25. The molecule has 2 N–H and O–H groups in total. The van der Waals surface area contributed by atoms with Crippen LogP contribution in [0.5, 0.6) is 11.5 Å². The number of hydrazine groups is 1. The van der Waals surface area contributed by atoms with Crippen LogP contribution >= 0.6 is 11.6 Å². The number of aromatic nitrogens is 1. The highest BCUT2D eigenvalue weighted by Gasteiger charge is 2.10. The van der Waals surface area contributed by atoms with E-state index in [1.165, 1.54) is 0 Å². The maximum Gasteiger partial charge on any atom is 0.238 e. The largest absolute Gasteiger partial charge is 0.497 e. The molecule has 1 heterocycles. The SMILES string of the molecule is COc1ccc(-c2cnc(CCC(=O)NNC(=O)CCCOc3ccc(Cl)cc3C)o2)cc1. The van der Waals surface area contributed by atoms with Gasteiger partial charge in [-0.15, -0.1) is 0 Å². The standard InChI is InChI=1S/C24H26ClN3O5/c1-16-14-18(25)7-10-20(16)32-13-3-4-22(29)27-28-23(30)11-12-24-26-15-21(33-24)17-5-8-19(31-2)9-6-17/h5-10,14-15H,3-4,11-13H2,1-2H3,(H,27,29)(H,28,30). The predicted molar refractivity (Wildman–Crippen MR) is 124 cm³/mol. The molecule has 0 aliphatic rings. The normalized spacial score (nSPS) is 10.5. The van der Waals surface area contributed by atoms with E-state index >= 15 is 0 Å². The van der Waals surface area contributed by atoms with Gasteiger partial charge in [0, 0.05) is 29.8 Å². The molecule has 2 amide bonds. The molecule has 0 fully saturated rings. The van der Waals surface area contributed by atoms with Crippen LogP contribution in [-0.4, -0.2) is 30.5 Å². The zero-order valence-electron chi connectivity index (χ0n) is 18.5. The van der Waals surface area contributed by atoms with Crippen LogP contribution in [0.2, 0.25) is 5.02 Å². The average molecular weight is 472 g/mol. The first-order chi connectivity index (χ1) is 15.9. The summed E-state index contributed by atoms with van der Waals surface area (Å²) in [5, 5.41) is 0.649. The number of halogens is 1. The van der Waals surface area contributed by atoms with Gasteiger partial charge in [0.25, 0.3) is 0 Å². The van der Waals surface area contributed by atoms with Crippen LogP contribution in [-0.2, 0) is 16.0 Å². The lowest BCUT2D eigenvalue weighted by Gasteiger charge is -2.10. The van der Waals surface area contributed by atoms with Gasteiger partial charge in [0.2, 0.25) is 11.8 Å². The molecule has 174 valence electrons. The Bertz CT molecular complexity index is 1080. The van der Waals surface area contributed by atoms with Crippen molar-refractivity contribution in [3.8, 4) is 22.8 Å². The van der Waals surface area contributed by atoms with E-state index in [9.17, 15) is 9.59 Å². The second-order valence-corrected chi connectivity index (χ2v) is 7.74. The number of ether oxygens (including phenoxy) is 2. The number of hydrogen-bond donors (Lipinski definition) is 2. The van der Waals surface area contributed by atoms with E-state index in [1.54, 1.807) is 25.4 Å². The second-order valence-electron chi connectivity index (χ2n) is 7.30. The van der Waals surface area contributed by atoms with Gasteiger partial charge in [-0.25, -0.2) is 4.98 Å². The van der Waals surface area contributed by atoms with Crippen molar-refractivity contribution in [2.45, 2.75) is 32.6 Å². The van der Waals surface area contributed by atoms with Gasteiger partial charge in [-0.05, 0) is 61.4 Å². The highest BCUT2D eigenvalue weighted by molar-refractivity contribution is 6.30. The summed E-state index contributed by atoms with van der Waals surface area (Å²) in [4.78, 5) is 28.1. The minimum atomic E-state index is -0.333. The molecule has 0 saturated heterocycles. The third-order valence-corrected chi connectivity index (χ3v) is 5.01. The van der Waals surface area contributed by atoms with Crippen LogP contribution in [0.4, 0.5) is 0 Å². The highest BCUT2D eigenvalue weighted by Crippen LogP contribution is 2.24. The Labute approximate surface area is 197 Å². The van der Waals surface area contributed by atoms with Gasteiger partial charge < -0.3 is 13.9 Å². The molecular weight excluding hydrogens is 446 g/mol. The van der Waals surface area contributed by atoms with E-state index in [2.05, 4.69) is 15.8 Å². The van der Waals surface area contributed by atoms with Gasteiger partial charge in [-0.2, -0.15) is 0 Å². The van der Waals surface area contributed by atoms with Crippen molar-refractivity contribution >= 4 is 23.4 Å². The molecule has 0 atom stereocenters. The number of amides is 2. The van der Waals surface area contributed by atoms with Crippen molar-refractivity contribution in [2.75, 3.05) is 13.7 Å². The van der Waals surface area contributed by atoms with E-state index in [0.29, 0.717) is 36.1 Å². The minimum Gasteiger partial charge on any atom is -0.497 e. The Kier molecular flexibility index (Phi) is 8.71. The number of nitrogens with zero attached hydrogens (tertiary/aromatic N) is 1. The van der Waals surface area contributed by atoms with Gasteiger partial charge in [-0.3, -0.25) is 20.4 Å². The van der Waals surface area contributed by atoms with E-state index in [0.717, 1.165) is 22.6 Å². The number of rotatable bonds is 10. The minimum absolute atomic E-state index is 0.127. The monoisotopic (exact) mass is 471 g/mol.